The van der Waals surface area contributed by atoms with Crippen LogP contribution in [-0.4, -0.2) is 30.9 Å². The van der Waals surface area contributed by atoms with Crippen LogP contribution in [0.25, 0.3) is 0 Å². The number of furan rings is 1. The van der Waals surface area contributed by atoms with E-state index in [0.717, 1.165) is 5.56 Å². The summed E-state index contributed by atoms with van der Waals surface area (Å²) in [4.78, 5) is 23.2. The molecule has 2 N–H and O–H groups in total. The van der Waals surface area contributed by atoms with Gasteiger partial charge in [-0.15, -0.1) is 0 Å². The van der Waals surface area contributed by atoms with Gasteiger partial charge in [0.2, 0.25) is 0 Å². The van der Waals surface area contributed by atoms with Crippen molar-refractivity contribution >= 4 is 25.4 Å². The number of hydrogen-bond donors (Lipinski definition) is 2. The third kappa shape index (κ3) is 4.24. The predicted molar refractivity (Wildman–Crippen MR) is 80.5 cm³/mol. The van der Waals surface area contributed by atoms with Gasteiger partial charge in [-0.1, -0.05) is 30.3 Å². The van der Waals surface area contributed by atoms with Crippen molar-refractivity contribution in [2.24, 2.45) is 0 Å². The van der Waals surface area contributed by atoms with Gasteiger partial charge in [-0.25, -0.2) is 4.79 Å². The summed E-state index contributed by atoms with van der Waals surface area (Å²) in [5, 5.41) is 11.7. The average Bonchev–Trinajstić information content (AvgIpc) is 2.90. The zero-order chi connectivity index (χ0) is 15.2. The van der Waals surface area contributed by atoms with Gasteiger partial charge in [0.25, 0.3) is 5.91 Å². The van der Waals surface area contributed by atoms with Crippen LogP contribution in [0.1, 0.15) is 22.5 Å². The van der Waals surface area contributed by atoms with Gasteiger partial charge < -0.3 is 14.8 Å². The molecule has 0 fully saturated rings. The normalized spacial score (nSPS) is 11.8. The fourth-order valence-corrected chi connectivity index (χ4v) is 2.00. The van der Waals surface area contributed by atoms with Crippen LogP contribution >= 0.6 is 0 Å². The summed E-state index contributed by atoms with van der Waals surface area (Å²) in [6.45, 7) is 0. The number of carbonyl (C=O) groups is 2. The van der Waals surface area contributed by atoms with E-state index in [1.54, 1.807) is 13.9 Å². The second-order valence-electron chi connectivity index (χ2n) is 4.80. The Morgan fingerprint density at radius 2 is 1.90 bits per heavy atom. The molecule has 5 nitrogen and oxygen atoms in total. The quantitative estimate of drug-likeness (QED) is 0.751. The van der Waals surface area contributed by atoms with Crippen LogP contribution in [0.4, 0.5) is 0 Å². The standard InChI is InChI=1S/C15H16BNO4/c16-13-9-8-12(21-13)14(18)17-11(15(19)20)7-6-10-4-2-1-3-5-10/h1-5,8-9,11H,6-7,16H2,(H,17,18)(H,19,20). The molecule has 2 rings (SSSR count). The highest BCUT2D eigenvalue weighted by Gasteiger charge is 2.21. The fraction of sp³-hybridized carbons (Fsp3) is 0.200. The molecule has 21 heavy (non-hydrogen) atoms. The molecule has 1 unspecified atom stereocenters. The second-order valence-corrected chi connectivity index (χ2v) is 4.80. The summed E-state index contributed by atoms with van der Waals surface area (Å²) in [6, 6.07) is 11.8. The lowest BCUT2D eigenvalue weighted by atomic mass is 10.1. The Hall–Kier alpha value is -2.50. The molecule has 0 radical (unpaired) electrons. The Balaban J connectivity index is 1.96. The van der Waals surface area contributed by atoms with Gasteiger partial charge in [-0.2, -0.15) is 0 Å². The lowest BCUT2D eigenvalue weighted by Gasteiger charge is -2.13. The lowest BCUT2D eigenvalue weighted by molar-refractivity contribution is -0.139. The minimum Gasteiger partial charge on any atom is -0.480 e. The van der Waals surface area contributed by atoms with Crippen LogP contribution < -0.4 is 11.0 Å². The molecule has 1 aromatic carbocycles. The molecule has 2 aromatic rings. The first-order valence-electron chi connectivity index (χ1n) is 6.70. The van der Waals surface area contributed by atoms with Crippen LogP contribution in [0, 0.1) is 0 Å². The molecule has 0 aliphatic heterocycles. The number of rotatable bonds is 6. The van der Waals surface area contributed by atoms with E-state index >= 15 is 0 Å². The molecule has 1 aromatic heterocycles. The first-order valence-corrected chi connectivity index (χ1v) is 6.70. The SMILES string of the molecule is Bc1ccc(C(=O)NC(CCc2ccccc2)C(=O)O)o1. The maximum atomic E-state index is 11.9. The lowest BCUT2D eigenvalue weighted by Crippen LogP contribution is -2.41. The van der Waals surface area contributed by atoms with Crippen LogP contribution in [0.5, 0.6) is 0 Å². The zero-order valence-corrected chi connectivity index (χ0v) is 11.7. The topological polar surface area (TPSA) is 79.5 Å². The Bertz CT molecular complexity index is 624. The number of hydrogen-bond acceptors (Lipinski definition) is 3. The number of carboxylic acids is 1. The molecule has 0 aliphatic rings. The van der Waals surface area contributed by atoms with Crippen molar-refractivity contribution in [2.45, 2.75) is 18.9 Å². The predicted octanol–water partition coefficient (Wildman–Crippen LogP) is 0.354. The van der Waals surface area contributed by atoms with Crippen LogP contribution in [0.2, 0.25) is 0 Å². The molecular formula is C15H16BNO4. The van der Waals surface area contributed by atoms with Crippen molar-refractivity contribution in [1.82, 2.24) is 5.32 Å². The molecule has 1 amide bonds. The molecule has 1 heterocycles. The van der Waals surface area contributed by atoms with E-state index in [1.165, 1.54) is 6.07 Å². The third-order valence-electron chi connectivity index (χ3n) is 3.13. The molecular weight excluding hydrogens is 269 g/mol. The van der Waals surface area contributed by atoms with E-state index in [0.29, 0.717) is 18.5 Å². The number of carboxylic acid groups (broad SMARTS) is 1. The smallest absolute Gasteiger partial charge is 0.326 e. The van der Waals surface area contributed by atoms with Crippen molar-refractivity contribution in [3.05, 3.63) is 53.8 Å². The first-order chi connectivity index (χ1) is 10.1. The highest BCUT2D eigenvalue weighted by Crippen LogP contribution is 2.06. The van der Waals surface area contributed by atoms with Crippen LogP contribution in [-0.2, 0) is 11.2 Å². The minimum absolute atomic E-state index is 0.124. The van der Waals surface area contributed by atoms with E-state index < -0.39 is 17.9 Å². The molecule has 0 saturated carbocycles. The Morgan fingerprint density at radius 3 is 2.48 bits per heavy atom. The van der Waals surface area contributed by atoms with Crippen LogP contribution in [0.3, 0.4) is 0 Å². The molecule has 6 heteroatoms. The second kappa shape index (κ2) is 6.79. The number of amides is 1. The molecule has 0 spiro atoms. The van der Waals surface area contributed by atoms with Crippen molar-refractivity contribution in [3.8, 4) is 0 Å². The fourth-order valence-electron chi connectivity index (χ4n) is 2.00. The van der Waals surface area contributed by atoms with E-state index in [2.05, 4.69) is 5.32 Å². The van der Waals surface area contributed by atoms with E-state index in [-0.39, 0.29) is 5.76 Å². The van der Waals surface area contributed by atoms with Gasteiger partial charge in [-0.3, -0.25) is 4.79 Å². The van der Waals surface area contributed by atoms with Gasteiger partial charge in [0, 0.05) is 0 Å². The van der Waals surface area contributed by atoms with Crippen LogP contribution in [0.15, 0.2) is 46.9 Å². The highest BCUT2D eigenvalue weighted by atomic mass is 16.4. The molecule has 0 bridgehead atoms. The minimum atomic E-state index is -1.05. The molecule has 1 atom stereocenters. The van der Waals surface area contributed by atoms with Crippen molar-refractivity contribution in [1.29, 1.82) is 0 Å². The Labute approximate surface area is 123 Å². The summed E-state index contributed by atoms with van der Waals surface area (Å²) in [5.74, 6) is -1.44. The summed E-state index contributed by atoms with van der Waals surface area (Å²) in [7, 11) is 1.72. The van der Waals surface area contributed by atoms with E-state index in [9.17, 15) is 14.7 Å². The third-order valence-corrected chi connectivity index (χ3v) is 3.13. The van der Waals surface area contributed by atoms with Gasteiger partial charge >= 0.3 is 5.97 Å². The zero-order valence-electron chi connectivity index (χ0n) is 11.7. The molecule has 0 saturated heterocycles. The highest BCUT2D eigenvalue weighted by molar-refractivity contribution is 6.30. The first kappa shape index (κ1) is 14.9. The summed E-state index contributed by atoms with van der Waals surface area (Å²) >= 11 is 0. The number of carbonyl (C=O) groups excluding carboxylic acids is 1. The van der Waals surface area contributed by atoms with E-state index in [1.807, 2.05) is 30.3 Å². The number of aryl methyl sites for hydroxylation is 1. The molecule has 108 valence electrons. The maximum absolute atomic E-state index is 11.9. The summed E-state index contributed by atoms with van der Waals surface area (Å²) in [6.07, 6.45) is 0.903. The number of aliphatic carboxylic acids is 1. The van der Waals surface area contributed by atoms with Gasteiger partial charge in [0.05, 0.1) is 5.66 Å². The average molecular weight is 285 g/mol. The van der Waals surface area contributed by atoms with Gasteiger partial charge in [0.15, 0.2) is 13.6 Å². The maximum Gasteiger partial charge on any atom is 0.326 e. The summed E-state index contributed by atoms with van der Waals surface area (Å²) < 4.78 is 5.18. The number of nitrogens with one attached hydrogen (secondary N) is 1. The van der Waals surface area contributed by atoms with Gasteiger partial charge in [-0.05, 0) is 30.5 Å². The molecule has 0 aliphatic carbocycles. The van der Waals surface area contributed by atoms with Crippen molar-refractivity contribution in [3.63, 3.8) is 0 Å². The van der Waals surface area contributed by atoms with Gasteiger partial charge in [0.1, 0.15) is 6.04 Å². The van der Waals surface area contributed by atoms with Crippen molar-refractivity contribution in [2.75, 3.05) is 0 Å². The largest absolute Gasteiger partial charge is 0.480 e. The summed E-state index contributed by atoms with van der Waals surface area (Å²) in [5.41, 5.74) is 1.64. The Kier molecular flexibility index (Phi) is 4.82. The number of benzene rings is 1. The Morgan fingerprint density at radius 1 is 1.19 bits per heavy atom. The monoisotopic (exact) mass is 285 g/mol. The van der Waals surface area contributed by atoms with E-state index in [4.69, 9.17) is 4.42 Å². The van der Waals surface area contributed by atoms with Crippen molar-refractivity contribution < 1.29 is 19.1 Å².